The molecule has 1 aromatic heterocycles. The molecule has 22 heavy (non-hydrogen) atoms. The van der Waals surface area contributed by atoms with E-state index in [1.165, 1.54) is 12.4 Å². The number of aromatic nitrogens is 1. The molecule has 1 aromatic rings. The minimum atomic E-state index is -0.181. The first-order chi connectivity index (χ1) is 10.5. The van der Waals surface area contributed by atoms with Gasteiger partial charge in [0.25, 0.3) is 11.8 Å². The van der Waals surface area contributed by atoms with Gasteiger partial charge in [0.2, 0.25) is 0 Å². The topological polar surface area (TPSA) is 62.3 Å². The predicted molar refractivity (Wildman–Crippen MR) is 87.9 cm³/mol. The summed E-state index contributed by atoms with van der Waals surface area (Å²) in [5.41, 5.74) is 0.883. The van der Waals surface area contributed by atoms with Crippen LogP contribution >= 0.6 is 0 Å². The van der Waals surface area contributed by atoms with Gasteiger partial charge >= 0.3 is 0 Å². The van der Waals surface area contributed by atoms with Crippen LogP contribution < -0.4 is 5.32 Å². The molecule has 0 aliphatic rings. The number of carbonyl (C=O) groups is 2. The number of nitrogens with zero attached hydrogens (tertiary/aromatic N) is 2. The molecule has 0 saturated heterocycles. The van der Waals surface area contributed by atoms with Crippen molar-refractivity contribution < 1.29 is 9.59 Å². The smallest absolute Gasteiger partial charge is 0.255 e. The minimum Gasteiger partial charge on any atom is -0.352 e. The van der Waals surface area contributed by atoms with Crippen LogP contribution in [0.1, 0.15) is 60.7 Å². The molecule has 0 atom stereocenters. The van der Waals surface area contributed by atoms with Gasteiger partial charge in [0.15, 0.2) is 0 Å². The Morgan fingerprint density at radius 1 is 1.27 bits per heavy atom. The summed E-state index contributed by atoms with van der Waals surface area (Å²) in [6, 6.07) is 1.61. The molecule has 0 aliphatic heterocycles. The van der Waals surface area contributed by atoms with E-state index in [1.54, 1.807) is 18.0 Å². The Morgan fingerprint density at radius 2 is 1.95 bits per heavy atom. The minimum absolute atomic E-state index is 0.0993. The van der Waals surface area contributed by atoms with Crippen LogP contribution in [-0.2, 0) is 0 Å². The Bertz CT molecular complexity index is 500. The van der Waals surface area contributed by atoms with Gasteiger partial charge in [-0.3, -0.25) is 14.6 Å². The van der Waals surface area contributed by atoms with Crippen molar-refractivity contribution in [2.45, 2.75) is 40.0 Å². The largest absolute Gasteiger partial charge is 0.352 e. The van der Waals surface area contributed by atoms with Crippen molar-refractivity contribution in [3.63, 3.8) is 0 Å². The molecule has 1 N–H and O–H groups in total. The molecule has 0 bridgehead atoms. The summed E-state index contributed by atoms with van der Waals surface area (Å²) >= 11 is 0. The zero-order valence-corrected chi connectivity index (χ0v) is 14.1. The lowest BCUT2D eigenvalue weighted by atomic mass is 10.1. The summed E-state index contributed by atoms with van der Waals surface area (Å²) in [6.45, 7) is 7.64. The highest BCUT2D eigenvalue weighted by Gasteiger charge is 2.14. The Morgan fingerprint density at radius 3 is 2.59 bits per heavy atom. The molecular weight excluding hydrogens is 278 g/mol. The third kappa shape index (κ3) is 5.84. The van der Waals surface area contributed by atoms with Crippen LogP contribution in [0.5, 0.6) is 0 Å². The molecule has 1 rings (SSSR count). The summed E-state index contributed by atoms with van der Waals surface area (Å²) in [5.74, 6) is 0.260. The van der Waals surface area contributed by atoms with Gasteiger partial charge in [0.1, 0.15) is 0 Å². The van der Waals surface area contributed by atoms with E-state index < -0.39 is 0 Å². The van der Waals surface area contributed by atoms with Gasteiger partial charge in [-0.2, -0.15) is 0 Å². The Balaban J connectivity index is 2.68. The van der Waals surface area contributed by atoms with Crippen molar-refractivity contribution in [3.05, 3.63) is 29.6 Å². The van der Waals surface area contributed by atoms with Crippen LogP contribution in [0, 0.1) is 5.92 Å². The summed E-state index contributed by atoms with van der Waals surface area (Å²) in [7, 11) is 1.77. The van der Waals surface area contributed by atoms with Crippen molar-refractivity contribution in [2.24, 2.45) is 5.92 Å². The fourth-order valence-electron chi connectivity index (χ4n) is 1.97. The SMILES string of the molecule is CCCCN(C)C(=O)c1cncc(C(=O)NCCC(C)C)c1. The van der Waals surface area contributed by atoms with Crippen molar-refractivity contribution in [1.82, 2.24) is 15.2 Å². The van der Waals surface area contributed by atoms with Gasteiger partial charge in [-0.15, -0.1) is 0 Å². The number of amides is 2. The van der Waals surface area contributed by atoms with Crippen LogP contribution in [0.3, 0.4) is 0 Å². The second-order valence-corrected chi connectivity index (χ2v) is 5.98. The van der Waals surface area contributed by atoms with Crippen LogP contribution in [-0.4, -0.2) is 41.8 Å². The normalized spacial score (nSPS) is 10.6. The fraction of sp³-hybridized carbons (Fsp3) is 0.588. The van der Waals surface area contributed by atoms with Crippen LogP contribution in [0.25, 0.3) is 0 Å². The highest BCUT2D eigenvalue weighted by atomic mass is 16.2. The highest BCUT2D eigenvalue weighted by Crippen LogP contribution is 2.07. The van der Waals surface area contributed by atoms with Crippen LogP contribution in [0.4, 0.5) is 0 Å². The maximum absolute atomic E-state index is 12.3. The molecule has 1 heterocycles. The van der Waals surface area contributed by atoms with E-state index in [0.717, 1.165) is 19.3 Å². The molecule has 0 aromatic carbocycles. The van der Waals surface area contributed by atoms with E-state index in [2.05, 4.69) is 31.1 Å². The van der Waals surface area contributed by atoms with Crippen molar-refractivity contribution >= 4 is 11.8 Å². The van der Waals surface area contributed by atoms with E-state index >= 15 is 0 Å². The monoisotopic (exact) mass is 305 g/mol. The predicted octanol–water partition coefficient (Wildman–Crippen LogP) is 2.73. The first-order valence-electron chi connectivity index (χ1n) is 7.94. The highest BCUT2D eigenvalue weighted by molar-refractivity contribution is 5.99. The number of unbranched alkanes of at least 4 members (excludes halogenated alkanes) is 1. The van der Waals surface area contributed by atoms with E-state index in [0.29, 0.717) is 30.1 Å². The summed E-state index contributed by atoms with van der Waals surface area (Å²) in [5, 5.41) is 2.86. The van der Waals surface area contributed by atoms with Gasteiger partial charge < -0.3 is 10.2 Å². The Kier molecular flexibility index (Phi) is 7.57. The first kappa shape index (κ1) is 18.1. The number of hydrogen-bond donors (Lipinski definition) is 1. The second kappa shape index (κ2) is 9.18. The Labute approximate surface area is 133 Å². The van der Waals surface area contributed by atoms with E-state index in [4.69, 9.17) is 0 Å². The second-order valence-electron chi connectivity index (χ2n) is 5.98. The van der Waals surface area contributed by atoms with E-state index in [1.807, 2.05) is 0 Å². The zero-order chi connectivity index (χ0) is 16.5. The van der Waals surface area contributed by atoms with Gasteiger partial charge in [-0.05, 0) is 24.8 Å². The maximum atomic E-state index is 12.3. The fourth-order valence-corrected chi connectivity index (χ4v) is 1.97. The third-order valence-electron chi connectivity index (χ3n) is 3.45. The average molecular weight is 305 g/mol. The lowest BCUT2D eigenvalue weighted by Crippen LogP contribution is -2.29. The zero-order valence-electron chi connectivity index (χ0n) is 14.1. The van der Waals surface area contributed by atoms with Crippen LogP contribution in [0.2, 0.25) is 0 Å². The molecule has 0 unspecified atom stereocenters. The summed E-state index contributed by atoms with van der Waals surface area (Å²) in [4.78, 5) is 30.0. The summed E-state index contributed by atoms with van der Waals surface area (Å²) in [6.07, 6.45) is 5.93. The lowest BCUT2D eigenvalue weighted by Gasteiger charge is -2.16. The van der Waals surface area contributed by atoms with Crippen molar-refractivity contribution in [1.29, 1.82) is 0 Å². The standard InChI is InChI=1S/C17H27N3O2/c1-5-6-9-20(4)17(22)15-10-14(11-18-12-15)16(21)19-8-7-13(2)3/h10-13H,5-9H2,1-4H3,(H,19,21). The molecule has 5 heteroatoms. The molecule has 0 saturated carbocycles. The molecule has 0 fully saturated rings. The van der Waals surface area contributed by atoms with E-state index in [9.17, 15) is 9.59 Å². The molecule has 0 spiro atoms. The third-order valence-corrected chi connectivity index (χ3v) is 3.45. The van der Waals surface area contributed by atoms with Crippen molar-refractivity contribution in [2.75, 3.05) is 20.1 Å². The number of pyridine rings is 1. The molecule has 0 radical (unpaired) electrons. The maximum Gasteiger partial charge on any atom is 0.255 e. The number of hydrogen-bond acceptors (Lipinski definition) is 3. The van der Waals surface area contributed by atoms with Gasteiger partial charge in [-0.1, -0.05) is 27.2 Å². The van der Waals surface area contributed by atoms with Crippen molar-refractivity contribution in [3.8, 4) is 0 Å². The molecule has 0 aliphatic carbocycles. The molecule has 122 valence electrons. The molecule has 5 nitrogen and oxygen atoms in total. The van der Waals surface area contributed by atoms with Gasteiger partial charge in [0, 0.05) is 32.5 Å². The number of nitrogens with one attached hydrogen (secondary N) is 1. The molecule has 2 amide bonds. The van der Waals surface area contributed by atoms with Crippen LogP contribution in [0.15, 0.2) is 18.5 Å². The lowest BCUT2D eigenvalue weighted by molar-refractivity contribution is 0.0793. The Hall–Kier alpha value is -1.91. The van der Waals surface area contributed by atoms with Gasteiger partial charge in [0.05, 0.1) is 11.1 Å². The van der Waals surface area contributed by atoms with E-state index in [-0.39, 0.29) is 11.8 Å². The molecular formula is C17H27N3O2. The van der Waals surface area contributed by atoms with Gasteiger partial charge in [-0.25, -0.2) is 0 Å². The number of carbonyl (C=O) groups excluding carboxylic acids is 2. The number of rotatable bonds is 8. The average Bonchev–Trinajstić information content (AvgIpc) is 2.51. The first-order valence-corrected chi connectivity index (χ1v) is 7.94. The quantitative estimate of drug-likeness (QED) is 0.803. The summed E-state index contributed by atoms with van der Waals surface area (Å²) < 4.78 is 0.